The minimum atomic E-state index is -1.07. The van der Waals surface area contributed by atoms with Gasteiger partial charge in [0.25, 0.3) is 0 Å². The van der Waals surface area contributed by atoms with Crippen molar-refractivity contribution in [3.63, 3.8) is 0 Å². The van der Waals surface area contributed by atoms with Gasteiger partial charge in [-0.1, -0.05) is 26.2 Å². The molecule has 0 atom stereocenters. The molecular formula is C15H18F2N2. The zero-order chi connectivity index (χ0) is 13.9. The van der Waals surface area contributed by atoms with E-state index in [1.807, 2.05) is 0 Å². The summed E-state index contributed by atoms with van der Waals surface area (Å²) in [6, 6.07) is 4.38. The third kappa shape index (κ3) is 3.04. The Bertz CT molecular complexity index is 500. The SMILES string of the molecule is CC1(CNc2ccc(C#N)c(F)c2F)CCCCC1. The van der Waals surface area contributed by atoms with Gasteiger partial charge < -0.3 is 5.32 Å². The van der Waals surface area contributed by atoms with E-state index in [1.165, 1.54) is 31.4 Å². The van der Waals surface area contributed by atoms with Crippen molar-refractivity contribution < 1.29 is 8.78 Å². The summed E-state index contributed by atoms with van der Waals surface area (Å²) in [7, 11) is 0. The van der Waals surface area contributed by atoms with Crippen LogP contribution in [0.3, 0.4) is 0 Å². The summed E-state index contributed by atoms with van der Waals surface area (Å²) >= 11 is 0. The van der Waals surface area contributed by atoms with Crippen LogP contribution < -0.4 is 5.32 Å². The van der Waals surface area contributed by atoms with E-state index in [0.29, 0.717) is 6.54 Å². The number of anilines is 1. The second-order valence-electron chi connectivity index (χ2n) is 5.63. The van der Waals surface area contributed by atoms with Crippen molar-refractivity contribution in [1.29, 1.82) is 5.26 Å². The summed E-state index contributed by atoms with van der Waals surface area (Å²) in [5.74, 6) is -2.03. The van der Waals surface area contributed by atoms with Gasteiger partial charge in [-0.2, -0.15) is 5.26 Å². The molecule has 4 heteroatoms. The molecule has 1 aliphatic carbocycles. The second-order valence-corrected chi connectivity index (χ2v) is 5.63. The van der Waals surface area contributed by atoms with Gasteiger partial charge in [-0.05, 0) is 30.4 Å². The molecule has 1 N–H and O–H groups in total. The first-order valence-electron chi connectivity index (χ1n) is 6.68. The highest BCUT2D eigenvalue weighted by molar-refractivity contribution is 5.49. The van der Waals surface area contributed by atoms with Crippen molar-refractivity contribution in [3.8, 4) is 6.07 Å². The fraction of sp³-hybridized carbons (Fsp3) is 0.533. The van der Waals surface area contributed by atoms with Gasteiger partial charge in [-0.3, -0.25) is 0 Å². The van der Waals surface area contributed by atoms with Crippen LogP contribution in [0, 0.1) is 28.4 Å². The molecule has 0 spiro atoms. The van der Waals surface area contributed by atoms with Crippen LogP contribution in [-0.2, 0) is 0 Å². The minimum Gasteiger partial charge on any atom is -0.382 e. The van der Waals surface area contributed by atoms with Crippen LogP contribution in [0.1, 0.15) is 44.6 Å². The van der Waals surface area contributed by atoms with Crippen LogP contribution in [0.2, 0.25) is 0 Å². The van der Waals surface area contributed by atoms with E-state index in [4.69, 9.17) is 5.26 Å². The third-order valence-corrected chi connectivity index (χ3v) is 3.97. The van der Waals surface area contributed by atoms with E-state index in [9.17, 15) is 8.78 Å². The molecule has 0 amide bonds. The number of hydrogen-bond acceptors (Lipinski definition) is 2. The maximum atomic E-state index is 13.7. The summed E-state index contributed by atoms with van der Waals surface area (Å²) in [6.07, 6.45) is 5.88. The summed E-state index contributed by atoms with van der Waals surface area (Å²) in [5, 5.41) is 11.6. The quantitative estimate of drug-likeness (QED) is 0.887. The molecule has 1 fully saturated rings. The Morgan fingerprint density at radius 2 is 1.89 bits per heavy atom. The Labute approximate surface area is 112 Å². The Balaban J connectivity index is 2.08. The van der Waals surface area contributed by atoms with E-state index in [2.05, 4.69) is 12.2 Å². The Morgan fingerprint density at radius 3 is 2.53 bits per heavy atom. The van der Waals surface area contributed by atoms with Gasteiger partial charge >= 0.3 is 0 Å². The number of nitriles is 1. The lowest BCUT2D eigenvalue weighted by molar-refractivity contribution is 0.233. The van der Waals surface area contributed by atoms with Crippen molar-refractivity contribution in [3.05, 3.63) is 29.3 Å². The molecule has 102 valence electrons. The predicted molar refractivity (Wildman–Crippen MR) is 70.8 cm³/mol. The van der Waals surface area contributed by atoms with Gasteiger partial charge in [-0.15, -0.1) is 0 Å². The monoisotopic (exact) mass is 264 g/mol. The molecule has 2 nitrogen and oxygen atoms in total. The average molecular weight is 264 g/mol. The Morgan fingerprint density at radius 1 is 1.21 bits per heavy atom. The zero-order valence-corrected chi connectivity index (χ0v) is 11.1. The Hall–Kier alpha value is -1.63. The topological polar surface area (TPSA) is 35.8 Å². The highest BCUT2D eigenvalue weighted by Gasteiger charge is 2.27. The number of rotatable bonds is 3. The molecule has 19 heavy (non-hydrogen) atoms. The number of nitrogens with one attached hydrogen (secondary N) is 1. The molecule has 0 aromatic heterocycles. The van der Waals surface area contributed by atoms with Gasteiger partial charge in [0, 0.05) is 6.54 Å². The van der Waals surface area contributed by atoms with Gasteiger partial charge in [0.2, 0.25) is 0 Å². The molecule has 0 aliphatic heterocycles. The van der Waals surface area contributed by atoms with E-state index in [1.54, 1.807) is 6.07 Å². The second kappa shape index (κ2) is 5.56. The molecule has 2 rings (SSSR count). The van der Waals surface area contributed by atoms with Gasteiger partial charge in [-0.25, -0.2) is 8.78 Å². The van der Waals surface area contributed by atoms with Crippen molar-refractivity contribution in [1.82, 2.24) is 0 Å². The average Bonchev–Trinajstić information content (AvgIpc) is 2.41. The Kier molecular flexibility index (Phi) is 4.04. The maximum absolute atomic E-state index is 13.7. The van der Waals surface area contributed by atoms with Crippen LogP contribution in [0.25, 0.3) is 0 Å². The van der Waals surface area contributed by atoms with Crippen molar-refractivity contribution >= 4 is 5.69 Å². The van der Waals surface area contributed by atoms with Crippen molar-refractivity contribution in [2.24, 2.45) is 5.41 Å². The number of nitrogens with zero attached hydrogens (tertiary/aromatic N) is 1. The lowest BCUT2D eigenvalue weighted by Crippen LogP contribution is -2.29. The molecule has 1 aliphatic rings. The van der Waals surface area contributed by atoms with Crippen LogP contribution in [-0.4, -0.2) is 6.54 Å². The maximum Gasteiger partial charge on any atom is 0.183 e. The molecule has 0 bridgehead atoms. The summed E-state index contributed by atoms with van der Waals surface area (Å²) in [4.78, 5) is 0. The van der Waals surface area contributed by atoms with Crippen LogP contribution in [0.5, 0.6) is 0 Å². The molecule has 0 unspecified atom stereocenters. The smallest absolute Gasteiger partial charge is 0.183 e. The molecular weight excluding hydrogens is 246 g/mol. The summed E-state index contributed by atoms with van der Waals surface area (Å²) in [5.41, 5.74) is 0.0324. The van der Waals surface area contributed by atoms with Gasteiger partial charge in [0.1, 0.15) is 6.07 Å². The lowest BCUT2D eigenvalue weighted by Gasteiger charge is -2.34. The predicted octanol–water partition coefficient (Wildman–Crippen LogP) is 4.22. The molecule has 0 radical (unpaired) electrons. The largest absolute Gasteiger partial charge is 0.382 e. The van der Waals surface area contributed by atoms with Crippen LogP contribution in [0.4, 0.5) is 14.5 Å². The fourth-order valence-corrected chi connectivity index (χ4v) is 2.66. The number of hydrogen-bond donors (Lipinski definition) is 1. The summed E-state index contributed by atoms with van der Waals surface area (Å²) < 4.78 is 27.2. The minimum absolute atomic E-state index is 0.142. The zero-order valence-electron chi connectivity index (χ0n) is 11.1. The first-order valence-corrected chi connectivity index (χ1v) is 6.68. The molecule has 1 saturated carbocycles. The lowest BCUT2D eigenvalue weighted by atomic mass is 9.76. The fourth-order valence-electron chi connectivity index (χ4n) is 2.66. The van der Waals surface area contributed by atoms with E-state index >= 15 is 0 Å². The van der Waals surface area contributed by atoms with E-state index in [-0.39, 0.29) is 16.7 Å². The number of halogens is 2. The first-order chi connectivity index (χ1) is 9.06. The highest BCUT2D eigenvalue weighted by Crippen LogP contribution is 2.36. The van der Waals surface area contributed by atoms with Crippen molar-refractivity contribution in [2.45, 2.75) is 39.0 Å². The van der Waals surface area contributed by atoms with Crippen molar-refractivity contribution in [2.75, 3.05) is 11.9 Å². The van der Waals surface area contributed by atoms with Crippen LogP contribution >= 0.6 is 0 Å². The third-order valence-electron chi connectivity index (χ3n) is 3.97. The molecule has 1 aromatic rings. The molecule has 1 aromatic carbocycles. The standard InChI is InChI=1S/C15H18F2N2/c1-15(7-3-2-4-8-15)10-19-12-6-5-11(9-18)13(16)14(12)17/h5-6,19H,2-4,7-8,10H2,1H3. The van der Waals surface area contributed by atoms with E-state index in [0.717, 1.165) is 12.8 Å². The van der Waals surface area contributed by atoms with Gasteiger partial charge in [0.05, 0.1) is 11.3 Å². The van der Waals surface area contributed by atoms with Crippen LogP contribution in [0.15, 0.2) is 12.1 Å². The summed E-state index contributed by atoms with van der Waals surface area (Å²) in [6.45, 7) is 2.81. The van der Waals surface area contributed by atoms with Gasteiger partial charge in [0.15, 0.2) is 11.6 Å². The molecule has 0 heterocycles. The number of benzene rings is 1. The van der Waals surface area contributed by atoms with E-state index < -0.39 is 11.6 Å². The molecule has 0 saturated heterocycles. The normalized spacial score (nSPS) is 17.8. The highest BCUT2D eigenvalue weighted by atomic mass is 19.2. The first kappa shape index (κ1) is 13.8.